The van der Waals surface area contributed by atoms with E-state index in [2.05, 4.69) is 0 Å². The lowest BCUT2D eigenvalue weighted by molar-refractivity contribution is -0.145. The molecule has 0 aromatic heterocycles. The highest BCUT2D eigenvalue weighted by Crippen LogP contribution is 2.26. The van der Waals surface area contributed by atoms with Crippen LogP contribution in [0.2, 0.25) is 0 Å². The lowest BCUT2D eigenvalue weighted by Crippen LogP contribution is -2.12. The second-order valence-corrected chi connectivity index (χ2v) is 5.06. The van der Waals surface area contributed by atoms with E-state index in [-0.39, 0.29) is 18.8 Å². The molecule has 0 saturated carbocycles. The van der Waals surface area contributed by atoms with Crippen LogP contribution in [0.25, 0.3) is 0 Å². The minimum absolute atomic E-state index is 0.162. The molecule has 0 unspecified atom stereocenters. The average Bonchev–Trinajstić information content (AvgIpc) is 2.45. The van der Waals surface area contributed by atoms with Crippen molar-refractivity contribution in [3.8, 4) is 11.5 Å². The van der Waals surface area contributed by atoms with Gasteiger partial charge in [-0.25, -0.2) is 0 Å². The maximum Gasteiger partial charge on any atom is 0.311 e. The van der Waals surface area contributed by atoms with Crippen LogP contribution in [0.1, 0.15) is 33.1 Å². The predicted molar refractivity (Wildman–Crippen MR) is 78.3 cm³/mol. The molecule has 0 heterocycles. The summed E-state index contributed by atoms with van der Waals surface area (Å²) in [4.78, 5) is 23.1. The van der Waals surface area contributed by atoms with Gasteiger partial charge in [-0.2, -0.15) is 0 Å². The third-order valence-electron chi connectivity index (χ3n) is 2.63. The van der Waals surface area contributed by atoms with Gasteiger partial charge in [-0.1, -0.05) is 26.0 Å². The van der Waals surface area contributed by atoms with E-state index in [4.69, 9.17) is 14.2 Å². The van der Waals surface area contributed by atoms with Gasteiger partial charge in [-0.3, -0.25) is 9.59 Å². The molecule has 0 atom stereocenters. The van der Waals surface area contributed by atoms with E-state index in [1.54, 1.807) is 24.3 Å². The molecule has 0 aliphatic heterocycles. The highest BCUT2D eigenvalue weighted by Gasteiger charge is 2.11. The lowest BCUT2D eigenvalue weighted by atomic mass is 10.2. The van der Waals surface area contributed by atoms with Gasteiger partial charge >= 0.3 is 11.9 Å². The number of esters is 2. The number of para-hydroxylation sites is 2. The van der Waals surface area contributed by atoms with Gasteiger partial charge in [0.2, 0.25) is 0 Å². The molecule has 0 N–H and O–H groups in total. The first-order valence-electron chi connectivity index (χ1n) is 7.02. The van der Waals surface area contributed by atoms with Gasteiger partial charge in [-0.15, -0.1) is 0 Å². The monoisotopic (exact) mass is 294 g/mol. The molecule has 21 heavy (non-hydrogen) atoms. The van der Waals surface area contributed by atoms with E-state index in [9.17, 15) is 9.59 Å². The quantitative estimate of drug-likeness (QED) is 0.545. The van der Waals surface area contributed by atoms with Crippen molar-refractivity contribution in [1.29, 1.82) is 0 Å². The van der Waals surface area contributed by atoms with Crippen molar-refractivity contribution in [2.45, 2.75) is 33.1 Å². The molecule has 0 aliphatic rings. The van der Waals surface area contributed by atoms with Crippen LogP contribution in [-0.2, 0) is 14.3 Å². The summed E-state index contributed by atoms with van der Waals surface area (Å²) in [6.45, 7) is 4.35. The van der Waals surface area contributed by atoms with Crippen LogP contribution in [0.5, 0.6) is 11.5 Å². The predicted octanol–water partition coefficient (Wildman–Crippen LogP) is 2.97. The zero-order valence-corrected chi connectivity index (χ0v) is 12.8. The third kappa shape index (κ3) is 6.79. The molecule has 1 aromatic carbocycles. The van der Waals surface area contributed by atoms with Gasteiger partial charge in [0.25, 0.3) is 0 Å². The number of hydrogen-bond donors (Lipinski definition) is 0. The molecule has 0 aliphatic carbocycles. The van der Waals surface area contributed by atoms with Crippen molar-refractivity contribution in [3.05, 3.63) is 24.3 Å². The zero-order valence-electron chi connectivity index (χ0n) is 12.8. The number of carbonyl (C=O) groups excluding carboxylic acids is 2. The molecule has 0 fully saturated rings. The molecule has 1 aromatic rings. The summed E-state index contributed by atoms with van der Waals surface area (Å²) >= 11 is 0. The Morgan fingerprint density at radius 1 is 1.05 bits per heavy atom. The number of carbonyl (C=O) groups is 2. The number of rotatable bonds is 8. The van der Waals surface area contributed by atoms with E-state index in [1.165, 1.54) is 7.11 Å². The molecular weight excluding hydrogens is 272 g/mol. The molecule has 5 heteroatoms. The standard InChI is InChI=1S/C16H22O5/c1-12(2)11-20-15(17)9-6-10-16(18)21-14-8-5-4-7-13(14)19-3/h4-5,7-8,12H,6,9-11H2,1-3H3. The Balaban J connectivity index is 2.30. The summed E-state index contributed by atoms with van der Waals surface area (Å²) in [5.41, 5.74) is 0. The first-order valence-corrected chi connectivity index (χ1v) is 7.02. The number of ether oxygens (including phenoxy) is 3. The van der Waals surface area contributed by atoms with Gasteiger partial charge in [0.1, 0.15) is 0 Å². The Kier molecular flexibility index (Phi) is 7.29. The van der Waals surface area contributed by atoms with Crippen LogP contribution in [-0.4, -0.2) is 25.7 Å². The second-order valence-electron chi connectivity index (χ2n) is 5.06. The highest BCUT2D eigenvalue weighted by atomic mass is 16.6. The van der Waals surface area contributed by atoms with Crippen molar-refractivity contribution in [3.63, 3.8) is 0 Å². The summed E-state index contributed by atoms with van der Waals surface area (Å²) < 4.78 is 15.3. The molecule has 0 bridgehead atoms. The number of methoxy groups -OCH3 is 1. The van der Waals surface area contributed by atoms with Gasteiger partial charge < -0.3 is 14.2 Å². The van der Waals surface area contributed by atoms with Crippen molar-refractivity contribution < 1.29 is 23.8 Å². The first kappa shape index (κ1) is 17.0. The van der Waals surface area contributed by atoms with Gasteiger partial charge in [0.05, 0.1) is 13.7 Å². The van der Waals surface area contributed by atoms with Gasteiger partial charge in [0, 0.05) is 12.8 Å². The van der Waals surface area contributed by atoms with Crippen molar-refractivity contribution in [1.82, 2.24) is 0 Å². The molecule has 116 valence electrons. The Hall–Kier alpha value is -2.04. The lowest BCUT2D eigenvalue weighted by Gasteiger charge is -2.09. The number of hydrogen-bond acceptors (Lipinski definition) is 5. The average molecular weight is 294 g/mol. The minimum atomic E-state index is -0.392. The topological polar surface area (TPSA) is 61.8 Å². The fourth-order valence-corrected chi connectivity index (χ4v) is 1.59. The van der Waals surface area contributed by atoms with Crippen molar-refractivity contribution >= 4 is 11.9 Å². The van der Waals surface area contributed by atoms with Crippen LogP contribution in [0.15, 0.2) is 24.3 Å². The zero-order chi connectivity index (χ0) is 15.7. The Labute approximate surface area is 125 Å². The fourth-order valence-electron chi connectivity index (χ4n) is 1.59. The van der Waals surface area contributed by atoms with Crippen LogP contribution in [0, 0.1) is 5.92 Å². The maximum atomic E-state index is 11.7. The summed E-state index contributed by atoms with van der Waals surface area (Å²) in [6, 6.07) is 6.93. The van der Waals surface area contributed by atoms with E-state index < -0.39 is 5.97 Å². The van der Waals surface area contributed by atoms with Gasteiger partial charge in [0.15, 0.2) is 11.5 Å². The summed E-state index contributed by atoms with van der Waals surface area (Å²) in [7, 11) is 1.51. The normalized spacial score (nSPS) is 10.3. The fraction of sp³-hybridized carbons (Fsp3) is 0.500. The van der Waals surface area contributed by atoms with E-state index in [1.807, 2.05) is 13.8 Å². The second kappa shape index (κ2) is 9.00. The number of benzene rings is 1. The molecule has 1 rings (SSSR count). The van der Waals surface area contributed by atoms with E-state index in [0.717, 1.165) is 0 Å². The maximum absolute atomic E-state index is 11.7. The summed E-state index contributed by atoms with van der Waals surface area (Å²) in [5.74, 6) is 0.518. The van der Waals surface area contributed by atoms with Crippen molar-refractivity contribution in [2.24, 2.45) is 5.92 Å². The molecule has 0 radical (unpaired) electrons. The summed E-state index contributed by atoms with van der Waals surface area (Å²) in [5, 5.41) is 0. The first-order chi connectivity index (χ1) is 10.0. The third-order valence-corrected chi connectivity index (χ3v) is 2.63. The molecule has 0 amide bonds. The molecule has 0 saturated heterocycles. The SMILES string of the molecule is COc1ccccc1OC(=O)CCCC(=O)OCC(C)C. The van der Waals surface area contributed by atoms with E-state index in [0.29, 0.717) is 30.4 Å². The van der Waals surface area contributed by atoms with Crippen LogP contribution in [0.3, 0.4) is 0 Å². The van der Waals surface area contributed by atoms with Gasteiger partial charge in [-0.05, 0) is 24.5 Å². The smallest absolute Gasteiger partial charge is 0.311 e. The van der Waals surface area contributed by atoms with Crippen LogP contribution < -0.4 is 9.47 Å². The summed E-state index contributed by atoms with van der Waals surface area (Å²) in [6.07, 6.45) is 0.785. The largest absolute Gasteiger partial charge is 0.493 e. The Morgan fingerprint density at radius 2 is 1.67 bits per heavy atom. The Morgan fingerprint density at radius 3 is 2.29 bits per heavy atom. The molecule has 5 nitrogen and oxygen atoms in total. The molecule has 0 spiro atoms. The van der Waals surface area contributed by atoms with Crippen LogP contribution >= 0.6 is 0 Å². The van der Waals surface area contributed by atoms with Crippen LogP contribution in [0.4, 0.5) is 0 Å². The molecular formula is C16H22O5. The van der Waals surface area contributed by atoms with Crippen molar-refractivity contribution in [2.75, 3.05) is 13.7 Å². The van der Waals surface area contributed by atoms with E-state index >= 15 is 0 Å². The Bertz CT molecular complexity index is 467. The highest BCUT2D eigenvalue weighted by molar-refractivity contribution is 5.74. The minimum Gasteiger partial charge on any atom is -0.493 e.